The molecule has 0 unspecified atom stereocenters. The van der Waals surface area contributed by atoms with Crippen LogP contribution in [0.1, 0.15) is 0 Å². The van der Waals surface area contributed by atoms with Gasteiger partial charge in [-0.05, 0) is 29.6 Å². The number of ether oxygens (including phenoxy) is 1. The molecule has 0 aliphatic carbocycles. The second kappa shape index (κ2) is 4.03. The van der Waals surface area contributed by atoms with E-state index in [1.807, 2.05) is 35.7 Å². The molecule has 1 aromatic heterocycles. The van der Waals surface area contributed by atoms with Crippen molar-refractivity contribution in [2.24, 2.45) is 0 Å². The van der Waals surface area contributed by atoms with E-state index in [9.17, 15) is 0 Å². The van der Waals surface area contributed by atoms with Crippen LogP contribution in [0.2, 0.25) is 5.02 Å². The highest BCUT2D eigenvalue weighted by molar-refractivity contribution is 7.13. The third-order valence-electron chi connectivity index (χ3n) is 1.96. The minimum Gasteiger partial charge on any atom is -0.497 e. The molecule has 72 valence electrons. The van der Waals surface area contributed by atoms with Gasteiger partial charge >= 0.3 is 0 Å². The number of hydrogen-bond donors (Lipinski definition) is 0. The summed E-state index contributed by atoms with van der Waals surface area (Å²) in [5.41, 5.74) is 1.03. The van der Waals surface area contributed by atoms with Crippen molar-refractivity contribution >= 4 is 22.9 Å². The molecular weight excluding hydrogens is 216 g/mol. The van der Waals surface area contributed by atoms with Gasteiger partial charge in [0.05, 0.1) is 7.11 Å². The van der Waals surface area contributed by atoms with Crippen LogP contribution in [0.5, 0.6) is 5.75 Å². The highest BCUT2D eigenvalue weighted by Crippen LogP contribution is 2.33. The van der Waals surface area contributed by atoms with Crippen LogP contribution in [-0.2, 0) is 0 Å². The summed E-state index contributed by atoms with van der Waals surface area (Å²) in [6.45, 7) is 0. The minimum absolute atomic E-state index is 0.758. The van der Waals surface area contributed by atoms with Gasteiger partial charge in [-0.3, -0.25) is 0 Å². The van der Waals surface area contributed by atoms with Gasteiger partial charge in [0, 0.05) is 15.5 Å². The molecule has 0 atom stereocenters. The smallest absolute Gasteiger partial charge is 0.119 e. The Hall–Kier alpha value is -0.990. The first-order chi connectivity index (χ1) is 6.81. The van der Waals surface area contributed by atoms with Crippen LogP contribution in [0.3, 0.4) is 0 Å². The summed E-state index contributed by atoms with van der Waals surface area (Å²) in [4.78, 5) is 1.16. The van der Waals surface area contributed by atoms with E-state index in [-0.39, 0.29) is 0 Å². The third kappa shape index (κ3) is 1.76. The molecule has 0 radical (unpaired) electrons. The van der Waals surface area contributed by atoms with E-state index in [0.717, 1.165) is 21.2 Å². The number of benzene rings is 1. The van der Waals surface area contributed by atoms with E-state index in [4.69, 9.17) is 16.3 Å². The van der Waals surface area contributed by atoms with Crippen LogP contribution in [0, 0.1) is 0 Å². The molecule has 2 aromatic rings. The Balaban J connectivity index is 2.51. The number of hydrogen-bond acceptors (Lipinski definition) is 2. The standard InChI is InChI=1S/C11H9ClOS/c1-13-8-4-5-10(12)9(7-8)11-3-2-6-14-11/h2-7H,1H3. The first-order valence-electron chi connectivity index (χ1n) is 4.18. The Bertz CT molecular complexity index is 423. The average molecular weight is 225 g/mol. The van der Waals surface area contributed by atoms with Crippen molar-refractivity contribution < 1.29 is 4.74 Å². The van der Waals surface area contributed by atoms with E-state index in [2.05, 4.69) is 0 Å². The highest BCUT2D eigenvalue weighted by atomic mass is 35.5. The third-order valence-corrected chi connectivity index (χ3v) is 3.19. The van der Waals surface area contributed by atoms with Gasteiger partial charge in [0.25, 0.3) is 0 Å². The normalized spacial score (nSPS) is 10.1. The molecule has 0 saturated carbocycles. The van der Waals surface area contributed by atoms with E-state index in [0.29, 0.717) is 0 Å². The molecule has 0 spiro atoms. The average Bonchev–Trinajstić information content (AvgIpc) is 2.71. The Labute approximate surface area is 91.9 Å². The van der Waals surface area contributed by atoms with Crippen molar-refractivity contribution in [3.8, 4) is 16.2 Å². The summed E-state index contributed by atoms with van der Waals surface area (Å²) in [5, 5.41) is 2.79. The zero-order valence-corrected chi connectivity index (χ0v) is 9.23. The Morgan fingerprint density at radius 1 is 1.29 bits per heavy atom. The van der Waals surface area contributed by atoms with Gasteiger partial charge in [-0.2, -0.15) is 0 Å². The number of halogens is 1. The molecule has 1 aromatic carbocycles. The zero-order chi connectivity index (χ0) is 9.97. The summed E-state index contributed by atoms with van der Waals surface area (Å²) in [5.74, 6) is 0.831. The molecule has 0 saturated heterocycles. The van der Waals surface area contributed by atoms with Crippen LogP contribution in [0.25, 0.3) is 10.4 Å². The lowest BCUT2D eigenvalue weighted by molar-refractivity contribution is 0.415. The van der Waals surface area contributed by atoms with E-state index in [1.54, 1.807) is 18.4 Å². The molecular formula is C11H9ClOS. The number of thiophene rings is 1. The molecule has 1 nitrogen and oxygen atoms in total. The molecule has 1 heterocycles. The summed E-state index contributed by atoms with van der Waals surface area (Å²) in [6.07, 6.45) is 0. The molecule has 0 N–H and O–H groups in total. The monoisotopic (exact) mass is 224 g/mol. The van der Waals surface area contributed by atoms with Crippen molar-refractivity contribution in [2.45, 2.75) is 0 Å². The summed E-state index contributed by atoms with van der Waals surface area (Å²) in [6, 6.07) is 9.73. The van der Waals surface area contributed by atoms with Gasteiger partial charge in [0.2, 0.25) is 0 Å². The largest absolute Gasteiger partial charge is 0.497 e. The quantitative estimate of drug-likeness (QED) is 0.747. The molecule has 0 amide bonds. The number of rotatable bonds is 2. The fraction of sp³-hybridized carbons (Fsp3) is 0.0909. The first kappa shape index (κ1) is 9.56. The van der Waals surface area contributed by atoms with Gasteiger partial charge in [-0.25, -0.2) is 0 Å². The van der Waals surface area contributed by atoms with Crippen molar-refractivity contribution in [3.63, 3.8) is 0 Å². The molecule has 0 aliphatic rings. The Kier molecular flexibility index (Phi) is 2.75. The van der Waals surface area contributed by atoms with Gasteiger partial charge in [-0.1, -0.05) is 17.7 Å². The molecule has 2 rings (SSSR count). The fourth-order valence-corrected chi connectivity index (χ4v) is 2.28. The van der Waals surface area contributed by atoms with E-state index >= 15 is 0 Å². The topological polar surface area (TPSA) is 9.23 Å². The van der Waals surface area contributed by atoms with Crippen LogP contribution in [0.4, 0.5) is 0 Å². The highest BCUT2D eigenvalue weighted by Gasteiger charge is 2.05. The number of methoxy groups -OCH3 is 1. The fourth-order valence-electron chi connectivity index (χ4n) is 1.25. The molecule has 0 fully saturated rings. The second-order valence-corrected chi connectivity index (χ2v) is 4.18. The predicted molar refractivity (Wildman–Crippen MR) is 61.3 cm³/mol. The zero-order valence-electron chi connectivity index (χ0n) is 7.66. The SMILES string of the molecule is COc1ccc(Cl)c(-c2cccs2)c1. The molecule has 0 bridgehead atoms. The summed E-state index contributed by atoms with van der Waals surface area (Å²) < 4.78 is 5.15. The summed E-state index contributed by atoms with van der Waals surface area (Å²) in [7, 11) is 1.65. The van der Waals surface area contributed by atoms with Gasteiger partial charge in [-0.15, -0.1) is 11.3 Å². The maximum absolute atomic E-state index is 6.10. The molecule has 0 aliphatic heterocycles. The van der Waals surface area contributed by atoms with Gasteiger partial charge < -0.3 is 4.74 Å². The van der Waals surface area contributed by atoms with E-state index < -0.39 is 0 Å². The van der Waals surface area contributed by atoms with Crippen LogP contribution >= 0.6 is 22.9 Å². The van der Waals surface area contributed by atoms with Crippen molar-refractivity contribution in [3.05, 3.63) is 40.7 Å². The maximum Gasteiger partial charge on any atom is 0.119 e. The summed E-state index contributed by atoms with van der Waals surface area (Å²) >= 11 is 7.77. The van der Waals surface area contributed by atoms with Gasteiger partial charge in [0.1, 0.15) is 5.75 Å². The van der Waals surface area contributed by atoms with Crippen LogP contribution < -0.4 is 4.74 Å². The minimum atomic E-state index is 0.758. The lowest BCUT2D eigenvalue weighted by Crippen LogP contribution is -1.83. The van der Waals surface area contributed by atoms with Crippen molar-refractivity contribution in [2.75, 3.05) is 7.11 Å². The maximum atomic E-state index is 6.10. The van der Waals surface area contributed by atoms with Crippen molar-refractivity contribution in [1.82, 2.24) is 0 Å². The lowest BCUT2D eigenvalue weighted by Gasteiger charge is -2.04. The second-order valence-electron chi connectivity index (χ2n) is 2.82. The Morgan fingerprint density at radius 3 is 2.79 bits per heavy atom. The lowest BCUT2D eigenvalue weighted by atomic mass is 10.2. The van der Waals surface area contributed by atoms with Crippen LogP contribution in [0.15, 0.2) is 35.7 Å². The Morgan fingerprint density at radius 2 is 2.14 bits per heavy atom. The molecule has 14 heavy (non-hydrogen) atoms. The molecule has 3 heteroatoms. The van der Waals surface area contributed by atoms with Crippen molar-refractivity contribution in [1.29, 1.82) is 0 Å². The first-order valence-corrected chi connectivity index (χ1v) is 5.44. The van der Waals surface area contributed by atoms with Gasteiger partial charge in [0.15, 0.2) is 0 Å². The predicted octanol–water partition coefficient (Wildman–Crippen LogP) is 4.08. The van der Waals surface area contributed by atoms with E-state index in [1.165, 1.54) is 0 Å². The van der Waals surface area contributed by atoms with Crippen LogP contribution in [-0.4, -0.2) is 7.11 Å².